The third-order valence-electron chi connectivity index (χ3n) is 3.37. The van der Waals surface area contributed by atoms with E-state index in [0.29, 0.717) is 25.6 Å². The fraction of sp³-hybridized carbons (Fsp3) is 0.462. The smallest absolute Gasteiger partial charge is 0.274 e. The van der Waals surface area contributed by atoms with Crippen LogP contribution in [0, 0.1) is 5.92 Å². The van der Waals surface area contributed by atoms with Gasteiger partial charge in [0.1, 0.15) is 5.75 Å². The molecular formula is C13H18N4O3. The fourth-order valence-corrected chi connectivity index (χ4v) is 2.17. The summed E-state index contributed by atoms with van der Waals surface area (Å²) in [7, 11) is 0. The van der Waals surface area contributed by atoms with Gasteiger partial charge in [-0.3, -0.25) is 9.59 Å². The number of amides is 2. The van der Waals surface area contributed by atoms with Gasteiger partial charge < -0.3 is 21.1 Å². The minimum atomic E-state index is -0.564. The van der Waals surface area contributed by atoms with E-state index in [0.717, 1.165) is 6.42 Å². The van der Waals surface area contributed by atoms with Gasteiger partial charge in [-0.05, 0) is 31.0 Å². The standard InChI is InChI=1S/C13H18N4O3/c14-6-9-3-5-17(8-9)11(19)7-16-13(20)12-10(18)2-1-4-15-12/h1-2,4,9,18H,3,5-8,14H2,(H,16,20). The van der Waals surface area contributed by atoms with Crippen molar-refractivity contribution in [1.82, 2.24) is 15.2 Å². The zero-order valence-corrected chi connectivity index (χ0v) is 11.1. The normalized spacial score (nSPS) is 18.1. The van der Waals surface area contributed by atoms with Gasteiger partial charge in [-0.2, -0.15) is 0 Å². The summed E-state index contributed by atoms with van der Waals surface area (Å²) < 4.78 is 0. The average Bonchev–Trinajstić information content (AvgIpc) is 2.94. The van der Waals surface area contributed by atoms with Crippen LogP contribution < -0.4 is 11.1 Å². The lowest BCUT2D eigenvalue weighted by atomic mass is 10.1. The summed E-state index contributed by atoms with van der Waals surface area (Å²) in [4.78, 5) is 29.2. The van der Waals surface area contributed by atoms with Gasteiger partial charge in [-0.25, -0.2) is 4.98 Å². The van der Waals surface area contributed by atoms with Crippen LogP contribution in [0.1, 0.15) is 16.9 Å². The molecule has 1 saturated heterocycles. The minimum Gasteiger partial charge on any atom is -0.505 e. The van der Waals surface area contributed by atoms with Crippen LogP contribution in [0.15, 0.2) is 18.3 Å². The quantitative estimate of drug-likeness (QED) is 0.676. The third kappa shape index (κ3) is 3.24. The number of carbonyl (C=O) groups is 2. The van der Waals surface area contributed by atoms with Crippen LogP contribution in [0.3, 0.4) is 0 Å². The number of aromatic hydroxyl groups is 1. The van der Waals surface area contributed by atoms with Crippen molar-refractivity contribution < 1.29 is 14.7 Å². The van der Waals surface area contributed by atoms with Crippen LogP contribution in [-0.2, 0) is 4.79 Å². The number of nitrogens with two attached hydrogens (primary N) is 1. The first-order chi connectivity index (χ1) is 9.61. The van der Waals surface area contributed by atoms with E-state index in [2.05, 4.69) is 10.3 Å². The maximum absolute atomic E-state index is 11.9. The molecule has 108 valence electrons. The molecule has 1 unspecified atom stereocenters. The highest BCUT2D eigenvalue weighted by Crippen LogP contribution is 2.15. The van der Waals surface area contributed by atoms with Gasteiger partial charge in [0.2, 0.25) is 5.91 Å². The highest BCUT2D eigenvalue weighted by Gasteiger charge is 2.25. The molecule has 1 atom stereocenters. The molecule has 0 saturated carbocycles. The van der Waals surface area contributed by atoms with E-state index in [4.69, 9.17) is 5.73 Å². The summed E-state index contributed by atoms with van der Waals surface area (Å²) in [6.07, 6.45) is 2.31. The molecule has 1 aromatic heterocycles. The molecule has 1 aliphatic heterocycles. The lowest BCUT2D eigenvalue weighted by Gasteiger charge is -2.16. The molecular weight excluding hydrogens is 260 g/mol. The van der Waals surface area contributed by atoms with Gasteiger partial charge in [0, 0.05) is 19.3 Å². The number of nitrogens with zero attached hydrogens (tertiary/aromatic N) is 2. The predicted octanol–water partition coefficient (Wildman–Crippen LogP) is -0.676. The van der Waals surface area contributed by atoms with E-state index in [-0.39, 0.29) is 23.9 Å². The Morgan fingerprint density at radius 1 is 1.55 bits per heavy atom. The Morgan fingerprint density at radius 3 is 3.00 bits per heavy atom. The number of hydrogen-bond donors (Lipinski definition) is 3. The lowest BCUT2D eigenvalue weighted by Crippen LogP contribution is -2.39. The monoisotopic (exact) mass is 278 g/mol. The Morgan fingerprint density at radius 2 is 2.35 bits per heavy atom. The van der Waals surface area contributed by atoms with Crippen LogP contribution in [0.5, 0.6) is 5.75 Å². The summed E-state index contributed by atoms with van der Waals surface area (Å²) in [6, 6.07) is 2.89. The summed E-state index contributed by atoms with van der Waals surface area (Å²) in [5.74, 6) is -0.577. The third-order valence-corrected chi connectivity index (χ3v) is 3.37. The highest BCUT2D eigenvalue weighted by atomic mass is 16.3. The zero-order valence-electron chi connectivity index (χ0n) is 11.1. The van der Waals surface area contributed by atoms with Gasteiger partial charge in [-0.1, -0.05) is 0 Å². The first kappa shape index (κ1) is 14.3. The van der Waals surface area contributed by atoms with E-state index >= 15 is 0 Å². The maximum atomic E-state index is 11.9. The Balaban J connectivity index is 1.85. The number of carbonyl (C=O) groups excluding carboxylic acids is 2. The molecule has 0 aromatic carbocycles. The summed E-state index contributed by atoms with van der Waals surface area (Å²) >= 11 is 0. The highest BCUT2D eigenvalue weighted by molar-refractivity contribution is 5.96. The molecule has 0 bridgehead atoms. The summed E-state index contributed by atoms with van der Waals surface area (Å²) in [5, 5.41) is 12.0. The van der Waals surface area contributed by atoms with Crippen LogP contribution in [0.4, 0.5) is 0 Å². The number of likely N-dealkylation sites (tertiary alicyclic amines) is 1. The number of pyridine rings is 1. The van der Waals surface area contributed by atoms with Crippen molar-refractivity contribution in [2.45, 2.75) is 6.42 Å². The largest absolute Gasteiger partial charge is 0.505 e. The first-order valence-electron chi connectivity index (χ1n) is 6.52. The van der Waals surface area contributed by atoms with Crippen LogP contribution in [0.25, 0.3) is 0 Å². The van der Waals surface area contributed by atoms with E-state index in [1.807, 2.05) is 0 Å². The van der Waals surface area contributed by atoms with Gasteiger partial charge in [0.25, 0.3) is 5.91 Å². The van der Waals surface area contributed by atoms with Gasteiger partial charge in [-0.15, -0.1) is 0 Å². The molecule has 4 N–H and O–H groups in total. The fourth-order valence-electron chi connectivity index (χ4n) is 2.17. The molecule has 1 fully saturated rings. The summed E-state index contributed by atoms with van der Waals surface area (Å²) in [6.45, 7) is 1.77. The topological polar surface area (TPSA) is 109 Å². The molecule has 0 radical (unpaired) electrons. The van der Waals surface area contributed by atoms with E-state index in [9.17, 15) is 14.7 Å². The van der Waals surface area contributed by atoms with E-state index in [1.54, 1.807) is 4.90 Å². The molecule has 20 heavy (non-hydrogen) atoms. The first-order valence-corrected chi connectivity index (χ1v) is 6.52. The average molecular weight is 278 g/mol. The Bertz CT molecular complexity index is 506. The van der Waals surface area contributed by atoms with Crippen LogP contribution >= 0.6 is 0 Å². The zero-order chi connectivity index (χ0) is 14.5. The van der Waals surface area contributed by atoms with Crippen molar-refractivity contribution in [1.29, 1.82) is 0 Å². The molecule has 7 nitrogen and oxygen atoms in total. The predicted molar refractivity (Wildman–Crippen MR) is 72.0 cm³/mol. The van der Waals surface area contributed by atoms with Crippen molar-refractivity contribution >= 4 is 11.8 Å². The lowest BCUT2D eigenvalue weighted by molar-refractivity contribution is -0.129. The van der Waals surface area contributed by atoms with Crippen molar-refractivity contribution in [3.05, 3.63) is 24.0 Å². The molecule has 1 aromatic rings. The van der Waals surface area contributed by atoms with Crippen LogP contribution in [-0.4, -0.2) is 53.0 Å². The molecule has 0 aliphatic carbocycles. The van der Waals surface area contributed by atoms with Crippen molar-refractivity contribution in [3.8, 4) is 5.75 Å². The molecule has 2 rings (SSSR count). The van der Waals surface area contributed by atoms with Gasteiger partial charge in [0.15, 0.2) is 5.69 Å². The summed E-state index contributed by atoms with van der Waals surface area (Å²) in [5.41, 5.74) is 5.49. The number of aromatic nitrogens is 1. The Labute approximate surface area is 116 Å². The van der Waals surface area contributed by atoms with E-state index < -0.39 is 5.91 Å². The van der Waals surface area contributed by atoms with Crippen molar-refractivity contribution in [2.24, 2.45) is 11.7 Å². The number of rotatable bonds is 4. The number of nitrogens with one attached hydrogen (secondary N) is 1. The Kier molecular flexibility index (Phi) is 4.52. The second kappa shape index (κ2) is 6.33. The minimum absolute atomic E-state index is 0.0819. The second-order valence-corrected chi connectivity index (χ2v) is 4.78. The van der Waals surface area contributed by atoms with Crippen LogP contribution in [0.2, 0.25) is 0 Å². The van der Waals surface area contributed by atoms with Gasteiger partial charge in [0.05, 0.1) is 6.54 Å². The van der Waals surface area contributed by atoms with Gasteiger partial charge >= 0.3 is 0 Å². The SMILES string of the molecule is NCC1CCN(C(=O)CNC(=O)c2ncccc2O)C1. The molecule has 1 aliphatic rings. The molecule has 2 amide bonds. The van der Waals surface area contributed by atoms with Crippen molar-refractivity contribution in [3.63, 3.8) is 0 Å². The molecule has 7 heteroatoms. The second-order valence-electron chi connectivity index (χ2n) is 4.78. The molecule has 2 heterocycles. The van der Waals surface area contributed by atoms with Crippen molar-refractivity contribution in [2.75, 3.05) is 26.2 Å². The number of hydrogen-bond acceptors (Lipinski definition) is 5. The van der Waals surface area contributed by atoms with E-state index in [1.165, 1.54) is 18.3 Å². The maximum Gasteiger partial charge on any atom is 0.274 e. The molecule has 0 spiro atoms. The Hall–Kier alpha value is -2.15.